The van der Waals surface area contributed by atoms with Crippen LogP contribution in [-0.4, -0.2) is 22.5 Å². The summed E-state index contributed by atoms with van der Waals surface area (Å²) in [6, 6.07) is 0. The van der Waals surface area contributed by atoms with Crippen molar-refractivity contribution in [2.45, 2.75) is 45.4 Å². The van der Waals surface area contributed by atoms with Gasteiger partial charge < -0.3 is 9.88 Å². The zero-order chi connectivity index (χ0) is 13.1. The van der Waals surface area contributed by atoms with Crippen molar-refractivity contribution in [1.29, 1.82) is 0 Å². The molecule has 0 aromatic carbocycles. The van der Waals surface area contributed by atoms with Crippen molar-refractivity contribution in [1.82, 2.24) is 14.9 Å². The number of nitrogens with one attached hydrogen (secondary N) is 1. The molecule has 0 radical (unpaired) electrons. The highest BCUT2D eigenvalue weighted by molar-refractivity contribution is 5.93. The molecule has 0 aliphatic rings. The smallest absolute Gasteiger partial charge is 0.271 e. The molecule has 96 valence electrons. The summed E-state index contributed by atoms with van der Waals surface area (Å²) in [5.41, 5.74) is 1.62. The molecule has 0 aliphatic carbocycles. The molecule has 1 aromatic rings. The van der Waals surface area contributed by atoms with Gasteiger partial charge >= 0.3 is 0 Å². The van der Waals surface area contributed by atoms with E-state index in [1.54, 1.807) is 13.4 Å². The van der Waals surface area contributed by atoms with E-state index in [1.165, 1.54) is 0 Å². The summed E-state index contributed by atoms with van der Waals surface area (Å²) >= 11 is 0. The number of aryl methyl sites for hydroxylation is 1. The molecule has 0 spiro atoms. The van der Waals surface area contributed by atoms with E-state index in [0.717, 1.165) is 25.0 Å². The monoisotopic (exact) mass is 237 g/mol. The van der Waals surface area contributed by atoms with Crippen molar-refractivity contribution in [3.8, 4) is 0 Å². The number of hydrogen-bond acceptors (Lipinski definition) is 2. The van der Waals surface area contributed by atoms with Crippen molar-refractivity contribution < 1.29 is 4.79 Å². The lowest BCUT2D eigenvalue weighted by atomic mass is 9.78. The Balaban J connectivity index is 3.27. The third-order valence-electron chi connectivity index (χ3n) is 3.53. The van der Waals surface area contributed by atoms with E-state index in [2.05, 4.69) is 31.1 Å². The molecule has 4 nitrogen and oxygen atoms in total. The summed E-state index contributed by atoms with van der Waals surface area (Å²) in [6.07, 6.45) is 4.89. The van der Waals surface area contributed by atoms with Gasteiger partial charge in [0.25, 0.3) is 5.91 Å². The molecular formula is C13H23N3O. The molecule has 0 saturated heterocycles. The van der Waals surface area contributed by atoms with Gasteiger partial charge in [-0.15, -0.1) is 0 Å². The zero-order valence-corrected chi connectivity index (χ0v) is 11.5. The van der Waals surface area contributed by atoms with Crippen LogP contribution in [0.5, 0.6) is 0 Å². The minimum Gasteiger partial charge on any atom is -0.354 e. The maximum atomic E-state index is 11.8. The Morgan fingerprint density at radius 3 is 2.65 bits per heavy atom. The van der Waals surface area contributed by atoms with Gasteiger partial charge in [-0.3, -0.25) is 4.79 Å². The van der Waals surface area contributed by atoms with Gasteiger partial charge in [0.05, 0.1) is 12.0 Å². The minimum absolute atomic E-state index is 0.0157. The number of rotatable bonds is 5. The lowest BCUT2D eigenvalue weighted by molar-refractivity contribution is 0.0955. The summed E-state index contributed by atoms with van der Waals surface area (Å²) in [5.74, 6) is -0.101. The highest BCUT2D eigenvalue weighted by Crippen LogP contribution is 2.34. The SMILES string of the molecule is CCCC(C)(CC)c1c(C(=O)NC)ncn1C. The average Bonchev–Trinajstić information content (AvgIpc) is 2.71. The van der Waals surface area contributed by atoms with Gasteiger partial charge in [0.15, 0.2) is 0 Å². The number of aromatic nitrogens is 2. The fourth-order valence-electron chi connectivity index (χ4n) is 2.44. The van der Waals surface area contributed by atoms with Crippen molar-refractivity contribution in [3.63, 3.8) is 0 Å². The number of amides is 1. The van der Waals surface area contributed by atoms with Crippen molar-refractivity contribution in [2.75, 3.05) is 7.05 Å². The predicted molar refractivity (Wildman–Crippen MR) is 69.1 cm³/mol. The van der Waals surface area contributed by atoms with Gasteiger partial charge in [-0.25, -0.2) is 4.98 Å². The Labute approximate surface area is 103 Å². The van der Waals surface area contributed by atoms with Crippen LogP contribution in [0.25, 0.3) is 0 Å². The third kappa shape index (κ3) is 2.51. The van der Waals surface area contributed by atoms with Crippen LogP contribution in [0.2, 0.25) is 0 Å². The van der Waals surface area contributed by atoms with Crippen molar-refractivity contribution in [2.24, 2.45) is 7.05 Å². The van der Waals surface area contributed by atoms with Gasteiger partial charge in [0.1, 0.15) is 5.69 Å². The molecule has 1 N–H and O–H groups in total. The van der Waals surface area contributed by atoms with E-state index < -0.39 is 0 Å². The highest BCUT2D eigenvalue weighted by Gasteiger charge is 2.32. The van der Waals surface area contributed by atoms with E-state index >= 15 is 0 Å². The second-order valence-electron chi connectivity index (χ2n) is 4.80. The first-order valence-corrected chi connectivity index (χ1v) is 6.24. The Hall–Kier alpha value is -1.32. The lowest BCUT2D eigenvalue weighted by Crippen LogP contribution is -2.29. The first-order valence-electron chi connectivity index (χ1n) is 6.24. The predicted octanol–water partition coefficient (Wildman–Crippen LogP) is 2.25. The van der Waals surface area contributed by atoms with Gasteiger partial charge in [-0.1, -0.05) is 27.2 Å². The summed E-state index contributed by atoms with van der Waals surface area (Å²) in [7, 11) is 3.60. The Bertz CT molecular complexity index is 397. The van der Waals surface area contributed by atoms with Crippen LogP contribution < -0.4 is 5.32 Å². The summed E-state index contributed by atoms with van der Waals surface area (Å²) in [6.45, 7) is 6.54. The average molecular weight is 237 g/mol. The third-order valence-corrected chi connectivity index (χ3v) is 3.53. The van der Waals surface area contributed by atoms with E-state index in [-0.39, 0.29) is 11.3 Å². The molecule has 1 unspecified atom stereocenters. The standard InChI is InChI=1S/C13H23N3O/c1-6-8-13(3,7-2)11-10(12(17)14-4)15-9-16(11)5/h9H,6-8H2,1-5H3,(H,14,17). The normalized spacial score (nSPS) is 14.4. The van der Waals surface area contributed by atoms with Gasteiger partial charge in [-0.05, 0) is 12.8 Å². The second kappa shape index (κ2) is 5.34. The number of carbonyl (C=O) groups excluding carboxylic acids is 1. The molecule has 1 rings (SSSR count). The first-order chi connectivity index (χ1) is 8.00. The number of imidazole rings is 1. The molecule has 1 heterocycles. The van der Waals surface area contributed by atoms with E-state index in [1.807, 2.05) is 11.6 Å². The van der Waals surface area contributed by atoms with Crippen LogP contribution in [0.3, 0.4) is 0 Å². The number of carbonyl (C=O) groups is 1. The van der Waals surface area contributed by atoms with Crippen LogP contribution in [0.4, 0.5) is 0 Å². The molecule has 0 saturated carbocycles. The summed E-state index contributed by atoms with van der Waals surface area (Å²) < 4.78 is 1.98. The Kier molecular flexibility index (Phi) is 4.32. The topological polar surface area (TPSA) is 46.9 Å². The largest absolute Gasteiger partial charge is 0.354 e. The molecule has 0 bridgehead atoms. The lowest BCUT2D eigenvalue weighted by Gasteiger charge is -2.29. The maximum absolute atomic E-state index is 11.8. The summed E-state index contributed by atoms with van der Waals surface area (Å²) in [5, 5.41) is 2.66. The molecule has 1 aromatic heterocycles. The second-order valence-corrected chi connectivity index (χ2v) is 4.80. The maximum Gasteiger partial charge on any atom is 0.271 e. The zero-order valence-electron chi connectivity index (χ0n) is 11.5. The molecule has 1 atom stereocenters. The molecular weight excluding hydrogens is 214 g/mol. The van der Waals surface area contributed by atoms with Crippen molar-refractivity contribution >= 4 is 5.91 Å². The fraction of sp³-hybridized carbons (Fsp3) is 0.692. The Morgan fingerprint density at radius 2 is 2.18 bits per heavy atom. The number of hydrogen-bond donors (Lipinski definition) is 1. The minimum atomic E-state index is -0.101. The van der Waals surface area contributed by atoms with Crippen LogP contribution in [-0.2, 0) is 12.5 Å². The van der Waals surface area contributed by atoms with E-state index in [4.69, 9.17) is 0 Å². The van der Waals surface area contributed by atoms with E-state index in [0.29, 0.717) is 5.69 Å². The molecule has 0 fully saturated rings. The molecule has 0 aliphatic heterocycles. The van der Waals surface area contributed by atoms with Gasteiger partial charge in [0.2, 0.25) is 0 Å². The van der Waals surface area contributed by atoms with Crippen LogP contribution in [0, 0.1) is 0 Å². The molecule has 1 amide bonds. The first kappa shape index (κ1) is 13.7. The Morgan fingerprint density at radius 1 is 1.53 bits per heavy atom. The fourth-order valence-corrected chi connectivity index (χ4v) is 2.44. The van der Waals surface area contributed by atoms with Crippen molar-refractivity contribution in [3.05, 3.63) is 17.7 Å². The van der Waals surface area contributed by atoms with Gasteiger partial charge in [0, 0.05) is 19.5 Å². The highest BCUT2D eigenvalue weighted by atomic mass is 16.1. The van der Waals surface area contributed by atoms with Crippen LogP contribution >= 0.6 is 0 Å². The summed E-state index contributed by atoms with van der Waals surface area (Å²) in [4.78, 5) is 16.1. The molecule has 4 heteroatoms. The van der Waals surface area contributed by atoms with E-state index in [9.17, 15) is 4.79 Å². The van der Waals surface area contributed by atoms with Crippen LogP contribution in [0.15, 0.2) is 6.33 Å². The quantitative estimate of drug-likeness (QED) is 0.853. The van der Waals surface area contributed by atoms with Gasteiger partial charge in [-0.2, -0.15) is 0 Å². The number of nitrogens with zero attached hydrogens (tertiary/aromatic N) is 2. The molecule has 17 heavy (non-hydrogen) atoms. The van der Waals surface area contributed by atoms with Crippen LogP contribution in [0.1, 0.15) is 56.2 Å².